The number of rotatable bonds is 4. The minimum Gasteiger partial charge on any atom is -0.356 e. The van der Waals surface area contributed by atoms with Crippen LogP contribution in [0.4, 0.5) is 5.69 Å². The van der Waals surface area contributed by atoms with Crippen molar-refractivity contribution >= 4 is 28.9 Å². The number of thiocarbonyl (C=S) groups is 1. The number of benzene rings is 2. The van der Waals surface area contributed by atoms with Gasteiger partial charge in [0.25, 0.3) is 5.91 Å². The van der Waals surface area contributed by atoms with E-state index in [4.69, 9.17) is 12.2 Å². The molecule has 1 amide bonds. The van der Waals surface area contributed by atoms with Crippen molar-refractivity contribution in [3.63, 3.8) is 0 Å². The monoisotopic (exact) mass is 395 g/mol. The lowest BCUT2D eigenvalue weighted by molar-refractivity contribution is 0.0724. The van der Waals surface area contributed by atoms with Crippen molar-refractivity contribution in [3.8, 4) is 0 Å². The number of amides is 1. The number of likely N-dealkylation sites (tertiary alicyclic amines) is 1. The number of anilines is 1. The van der Waals surface area contributed by atoms with Crippen LogP contribution in [0.1, 0.15) is 59.3 Å². The van der Waals surface area contributed by atoms with Crippen molar-refractivity contribution in [2.24, 2.45) is 0 Å². The molecule has 1 aliphatic heterocycles. The minimum atomic E-state index is 0.111. The summed E-state index contributed by atoms with van der Waals surface area (Å²) in [4.78, 5) is 14.5. The van der Waals surface area contributed by atoms with Gasteiger partial charge >= 0.3 is 0 Å². The summed E-state index contributed by atoms with van der Waals surface area (Å²) in [5.41, 5.74) is 5.33. The largest absolute Gasteiger partial charge is 0.356 e. The maximum absolute atomic E-state index is 12.6. The van der Waals surface area contributed by atoms with Crippen molar-refractivity contribution in [3.05, 3.63) is 64.7 Å². The van der Waals surface area contributed by atoms with Crippen LogP contribution in [-0.2, 0) is 0 Å². The molecule has 28 heavy (non-hydrogen) atoms. The summed E-state index contributed by atoms with van der Waals surface area (Å²) in [5, 5.41) is 7.14. The van der Waals surface area contributed by atoms with E-state index in [9.17, 15) is 4.79 Å². The fraction of sp³-hybridized carbons (Fsp3) is 0.391. The van der Waals surface area contributed by atoms with E-state index in [2.05, 4.69) is 49.6 Å². The van der Waals surface area contributed by atoms with E-state index in [0.29, 0.717) is 5.11 Å². The molecule has 2 aromatic rings. The molecule has 1 aliphatic rings. The molecule has 0 aliphatic carbocycles. The Morgan fingerprint density at radius 3 is 2.39 bits per heavy atom. The van der Waals surface area contributed by atoms with Crippen LogP contribution in [0.5, 0.6) is 0 Å². The Morgan fingerprint density at radius 1 is 1.04 bits per heavy atom. The number of nitrogens with zero attached hydrogens (tertiary/aromatic N) is 1. The van der Waals surface area contributed by atoms with Gasteiger partial charge in [-0.1, -0.05) is 23.8 Å². The van der Waals surface area contributed by atoms with E-state index >= 15 is 0 Å². The van der Waals surface area contributed by atoms with Crippen LogP contribution in [-0.4, -0.2) is 29.0 Å². The summed E-state index contributed by atoms with van der Waals surface area (Å²) >= 11 is 5.48. The van der Waals surface area contributed by atoms with Gasteiger partial charge in [-0.05, 0) is 87.6 Å². The van der Waals surface area contributed by atoms with Crippen molar-refractivity contribution in [1.29, 1.82) is 0 Å². The average molecular weight is 396 g/mol. The molecular formula is C23H29N3OS. The first kappa shape index (κ1) is 20.3. The Morgan fingerprint density at radius 2 is 1.71 bits per heavy atom. The lowest BCUT2D eigenvalue weighted by Crippen LogP contribution is -2.35. The van der Waals surface area contributed by atoms with Crippen LogP contribution in [0.15, 0.2) is 42.5 Å². The van der Waals surface area contributed by atoms with Crippen molar-refractivity contribution in [2.75, 3.05) is 18.4 Å². The van der Waals surface area contributed by atoms with Gasteiger partial charge in [0.1, 0.15) is 0 Å². The molecule has 0 radical (unpaired) electrons. The normalized spacial score (nSPS) is 15.0. The predicted molar refractivity (Wildman–Crippen MR) is 120 cm³/mol. The maximum Gasteiger partial charge on any atom is 0.253 e. The SMILES string of the molecule is Cc1ccc(C)c(C(C)NC(=S)Nc2ccc(C(=O)N3CCCCC3)cc2)c1. The summed E-state index contributed by atoms with van der Waals surface area (Å²) < 4.78 is 0. The maximum atomic E-state index is 12.6. The quantitative estimate of drug-likeness (QED) is 0.717. The zero-order valence-electron chi connectivity index (χ0n) is 16.9. The number of carbonyl (C=O) groups is 1. The number of hydrogen-bond acceptors (Lipinski definition) is 2. The van der Waals surface area contributed by atoms with E-state index in [1.165, 1.54) is 23.1 Å². The second-order valence-corrected chi connectivity index (χ2v) is 8.02. The second-order valence-electron chi connectivity index (χ2n) is 7.61. The topological polar surface area (TPSA) is 44.4 Å². The summed E-state index contributed by atoms with van der Waals surface area (Å²) in [6.45, 7) is 8.04. The van der Waals surface area contributed by atoms with Gasteiger partial charge < -0.3 is 15.5 Å². The second kappa shape index (κ2) is 9.20. The minimum absolute atomic E-state index is 0.111. The summed E-state index contributed by atoms with van der Waals surface area (Å²) in [6, 6.07) is 14.1. The van der Waals surface area contributed by atoms with E-state index < -0.39 is 0 Å². The first-order chi connectivity index (χ1) is 13.4. The third-order valence-corrected chi connectivity index (χ3v) is 5.50. The first-order valence-electron chi connectivity index (χ1n) is 9.98. The molecule has 1 fully saturated rings. The highest BCUT2D eigenvalue weighted by Crippen LogP contribution is 2.20. The standard InChI is InChI=1S/C23H29N3OS/c1-16-7-8-17(2)21(15-16)18(3)24-23(28)25-20-11-9-19(10-12-20)22(27)26-13-5-4-6-14-26/h7-12,15,18H,4-6,13-14H2,1-3H3,(H2,24,25,28). The molecule has 1 unspecified atom stereocenters. The van der Waals surface area contributed by atoms with Gasteiger partial charge in [-0.2, -0.15) is 0 Å². The van der Waals surface area contributed by atoms with Gasteiger partial charge in [0, 0.05) is 24.3 Å². The molecule has 0 spiro atoms. The Balaban J connectivity index is 1.58. The Bertz CT molecular complexity index is 841. The highest BCUT2D eigenvalue weighted by atomic mass is 32.1. The smallest absolute Gasteiger partial charge is 0.253 e. The molecule has 1 saturated heterocycles. The van der Waals surface area contributed by atoms with Crippen molar-refractivity contribution in [2.45, 2.75) is 46.1 Å². The van der Waals surface area contributed by atoms with Gasteiger partial charge in [0.15, 0.2) is 5.11 Å². The zero-order chi connectivity index (χ0) is 20.1. The molecule has 0 aromatic heterocycles. The first-order valence-corrected chi connectivity index (χ1v) is 10.4. The summed E-state index contributed by atoms with van der Waals surface area (Å²) in [5.74, 6) is 0.121. The Hall–Kier alpha value is -2.40. The van der Waals surface area contributed by atoms with Gasteiger partial charge in [0.05, 0.1) is 6.04 Å². The Labute approximate surface area is 173 Å². The third kappa shape index (κ3) is 5.10. The zero-order valence-corrected chi connectivity index (χ0v) is 17.7. The molecular weight excluding hydrogens is 366 g/mol. The van der Waals surface area contributed by atoms with Crippen LogP contribution in [0.3, 0.4) is 0 Å². The van der Waals surface area contributed by atoms with Crippen LogP contribution in [0.2, 0.25) is 0 Å². The van der Waals surface area contributed by atoms with E-state index in [1.807, 2.05) is 29.2 Å². The number of aryl methyl sites for hydroxylation is 2. The van der Waals surface area contributed by atoms with Crippen molar-refractivity contribution in [1.82, 2.24) is 10.2 Å². The van der Waals surface area contributed by atoms with Gasteiger partial charge in [-0.25, -0.2) is 0 Å². The van der Waals surface area contributed by atoms with Crippen LogP contribution >= 0.6 is 12.2 Å². The fourth-order valence-corrected chi connectivity index (χ4v) is 3.94. The number of hydrogen-bond donors (Lipinski definition) is 2. The van der Waals surface area contributed by atoms with Crippen molar-refractivity contribution < 1.29 is 4.79 Å². The molecule has 1 atom stereocenters. The summed E-state index contributed by atoms with van der Waals surface area (Å²) in [6.07, 6.45) is 3.42. The van der Waals surface area contributed by atoms with E-state index in [-0.39, 0.29) is 11.9 Å². The molecule has 0 bridgehead atoms. The number of nitrogens with one attached hydrogen (secondary N) is 2. The molecule has 148 valence electrons. The molecule has 2 aromatic carbocycles. The summed E-state index contributed by atoms with van der Waals surface area (Å²) in [7, 11) is 0. The van der Waals surface area contributed by atoms with Crippen LogP contribution < -0.4 is 10.6 Å². The van der Waals surface area contributed by atoms with Gasteiger partial charge in [-0.15, -0.1) is 0 Å². The molecule has 0 saturated carbocycles. The average Bonchev–Trinajstić information content (AvgIpc) is 2.70. The van der Waals surface area contributed by atoms with Crippen LogP contribution in [0, 0.1) is 13.8 Å². The number of piperidine rings is 1. The fourth-order valence-electron chi connectivity index (χ4n) is 3.64. The molecule has 5 heteroatoms. The highest BCUT2D eigenvalue weighted by Gasteiger charge is 2.18. The molecule has 2 N–H and O–H groups in total. The molecule has 1 heterocycles. The van der Waals surface area contributed by atoms with Crippen LogP contribution in [0.25, 0.3) is 0 Å². The van der Waals surface area contributed by atoms with E-state index in [0.717, 1.165) is 37.2 Å². The predicted octanol–water partition coefficient (Wildman–Crippen LogP) is 4.98. The Kier molecular flexibility index (Phi) is 6.68. The van der Waals surface area contributed by atoms with Gasteiger partial charge in [0.2, 0.25) is 0 Å². The third-order valence-electron chi connectivity index (χ3n) is 5.28. The highest BCUT2D eigenvalue weighted by molar-refractivity contribution is 7.80. The molecule has 4 nitrogen and oxygen atoms in total. The van der Waals surface area contributed by atoms with E-state index in [1.54, 1.807) is 0 Å². The lowest BCUT2D eigenvalue weighted by atomic mass is 10.0. The molecule has 3 rings (SSSR count). The lowest BCUT2D eigenvalue weighted by Gasteiger charge is -2.26. The number of carbonyl (C=O) groups excluding carboxylic acids is 1. The van der Waals surface area contributed by atoms with Gasteiger partial charge in [-0.3, -0.25) is 4.79 Å².